The van der Waals surface area contributed by atoms with E-state index in [9.17, 15) is 18.3 Å². The number of aromatic nitrogens is 1. The lowest BCUT2D eigenvalue weighted by molar-refractivity contribution is -0.142. The second-order valence-corrected chi connectivity index (χ2v) is 5.79. The monoisotopic (exact) mass is 383 g/mol. The van der Waals surface area contributed by atoms with Crippen LogP contribution >= 0.6 is 11.6 Å². The van der Waals surface area contributed by atoms with Crippen molar-refractivity contribution in [1.82, 2.24) is 5.16 Å². The first-order valence-electron chi connectivity index (χ1n) is 7.60. The third-order valence-corrected chi connectivity index (χ3v) is 3.87. The summed E-state index contributed by atoms with van der Waals surface area (Å²) in [5, 5.41) is 13.8. The lowest BCUT2D eigenvalue weighted by Crippen LogP contribution is -2.07. The van der Waals surface area contributed by atoms with Crippen LogP contribution in [0.1, 0.15) is 12.6 Å². The maximum atomic E-state index is 13.4. The maximum absolute atomic E-state index is 13.4. The van der Waals surface area contributed by atoms with Gasteiger partial charge in [0.25, 0.3) is 0 Å². The number of aromatic hydroxyl groups is 1. The number of ether oxygens (including phenoxy) is 1. The molecule has 0 unspecified atom stereocenters. The van der Waals surface area contributed by atoms with Gasteiger partial charge >= 0.3 is 6.18 Å². The Balaban J connectivity index is 2.20. The third kappa shape index (κ3) is 3.48. The summed E-state index contributed by atoms with van der Waals surface area (Å²) in [6, 6.07) is 10.0. The summed E-state index contributed by atoms with van der Waals surface area (Å²) in [5.41, 5.74) is -1.16. The minimum Gasteiger partial charge on any atom is -0.507 e. The van der Waals surface area contributed by atoms with E-state index in [1.807, 2.05) is 0 Å². The minimum absolute atomic E-state index is 0.0707. The Morgan fingerprint density at radius 2 is 1.85 bits per heavy atom. The van der Waals surface area contributed by atoms with Gasteiger partial charge in [0, 0.05) is 11.1 Å². The summed E-state index contributed by atoms with van der Waals surface area (Å²) in [7, 11) is 0. The highest BCUT2D eigenvalue weighted by Crippen LogP contribution is 2.45. The van der Waals surface area contributed by atoms with E-state index in [1.54, 1.807) is 6.92 Å². The fraction of sp³-hybridized carbons (Fsp3) is 0.167. The first-order chi connectivity index (χ1) is 12.3. The van der Waals surface area contributed by atoms with Crippen LogP contribution in [0.25, 0.3) is 22.5 Å². The summed E-state index contributed by atoms with van der Waals surface area (Å²) in [6.45, 7) is 2.16. The van der Waals surface area contributed by atoms with Gasteiger partial charge in [0.2, 0.25) is 0 Å². The van der Waals surface area contributed by atoms with Crippen LogP contribution in [0.3, 0.4) is 0 Å². The van der Waals surface area contributed by atoms with E-state index in [-0.39, 0.29) is 28.2 Å². The Hall–Kier alpha value is -2.67. The van der Waals surface area contributed by atoms with Gasteiger partial charge in [-0.25, -0.2) is 0 Å². The van der Waals surface area contributed by atoms with Crippen LogP contribution in [0.2, 0.25) is 5.02 Å². The second kappa shape index (κ2) is 6.92. The molecule has 0 radical (unpaired) electrons. The highest BCUT2D eigenvalue weighted by Gasteiger charge is 2.40. The van der Waals surface area contributed by atoms with Gasteiger partial charge in [0.1, 0.15) is 11.5 Å². The van der Waals surface area contributed by atoms with Gasteiger partial charge < -0.3 is 14.4 Å². The number of hydrogen-bond donors (Lipinski definition) is 1. The fourth-order valence-corrected chi connectivity index (χ4v) is 2.64. The van der Waals surface area contributed by atoms with Crippen molar-refractivity contribution >= 4 is 11.6 Å². The highest BCUT2D eigenvalue weighted by molar-refractivity contribution is 6.30. The van der Waals surface area contributed by atoms with Crippen molar-refractivity contribution in [2.45, 2.75) is 13.1 Å². The molecule has 0 bridgehead atoms. The van der Waals surface area contributed by atoms with E-state index in [0.717, 1.165) is 0 Å². The molecule has 8 heteroatoms. The van der Waals surface area contributed by atoms with Crippen molar-refractivity contribution in [2.24, 2.45) is 0 Å². The lowest BCUT2D eigenvalue weighted by atomic mass is 9.98. The van der Waals surface area contributed by atoms with E-state index in [1.165, 1.54) is 42.5 Å². The quantitative estimate of drug-likeness (QED) is 0.620. The second-order valence-electron chi connectivity index (χ2n) is 5.35. The van der Waals surface area contributed by atoms with Crippen molar-refractivity contribution in [3.63, 3.8) is 0 Å². The first-order valence-corrected chi connectivity index (χ1v) is 7.98. The smallest absolute Gasteiger partial charge is 0.437 e. The van der Waals surface area contributed by atoms with Crippen LogP contribution < -0.4 is 4.74 Å². The van der Waals surface area contributed by atoms with Gasteiger partial charge in [-0.3, -0.25) is 0 Å². The van der Waals surface area contributed by atoms with Crippen LogP contribution in [0.4, 0.5) is 13.2 Å². The van der Waals surface area contributed by atoms with Crippen LogP contribution in [-0.4, -0.2) is 16.9 Å². The maximum Gasteiger partial charge on any atom is 0.437 e. The molecule has 3 rings (SSSR count). The minimum atomic E-state index is -4.72. The summed E-state index contributed by atoms with van der Waals surface area (Å²) >= 11 is 5.82. The van der Waals surface area contributed by atoms with Crippen LogP contribution in [0.15, 0.2) is 47.0 Å². The van der Waals surface area contributed by atoms with E-state index in [2.05, 4.69) is 5.16 Å². The van der Waals surface area contributed by atoms with Gasteiger partial charge in [-0.05, 0) is 36.8 Å². The third-order valence-electron chi connectivity index (χ3n) is 3.62. The van der Waals surface area contributed by atoms with E-state index < -0.39 is 11.9 Å². The predicted molar refractivity (Wildman–Crippen MR) is 90.2 cm³/mol. The van der Waals surface area contributed by atoms with Gasteiger partial charge in [0.15, 0.2) is 11.5 Å². The molecule has 0 saturated heterocycles. The molecule has 0 aliphatic rings. The largest absolute Gasteiger partial charge is 0.507 e. The normalized spacial score (nSPS) is 11.6. The van der Waals surface area contributed by atoms with Gasteiger partial charge in [-0.1, -0.05) is 28.9 Å². The first kappa shape index (κ1) is 18.1. The molecule has 0 amide bonds. The Kier molecular flexibility index (Phi) is 4.82. The highest BCUT2D eigenvalue weighted by atomic mass is 35.5. The van der Waals surface area contributed by atoms with Crippen LogP contribution in [-0.2, 0) is 6.18 Å². The van der Waals surface area contributed by atoms with Crippen molar-refractivity contribution in [1.29, 1.82) is 0 Å². The summed E-state index contributed by atoms with van der Waals surface area (Å²) in [6.07, 6.45) is -4.72. The number of alkyl halides is 3. The Morgan fingerprint density at radius 3 is 2.42 bits per heavy atom. The van der Waals surface area contributed by atoms with Crippen molar-refractivity contribution in [3.05, 3.63) is 53.2 Å². The predicted octanol–water partition coefficient (Wildman–Crippen LogP) is 5.79. The van der Waals surface area contributed by atoms with E-state index in [4.69, 9.17) is 20.9 Å². The topological polar surface area (TPSA) is 55.5 Å². The van der Waals surface area contributed by atoms with Crippen molar-refractivity contribution < 1.29 is 27.5 Å². The SMILES string of the molecule is CCOc1ccc(-c2onc(C(F)(F)F)c2-c2ccc(Cl)cc2)c(O)c1. The molecule has 0 aliphatic carbocycles. The van der Waals surface area contributed by atoms with Gasteiger partial charge in [-0.2, -0.15) is 13.2 Å². The molecule has 2 aromatic carbocycles. The van der Waals surface area contributed by atoms with Crippen molar-refractivity contribution in [3.8, 4) is 33.9 Å². The molecule has 0 atom stereocenters. The fourth-order valence-electron chi connectivity index (χ4n) is 2.51. The van der Waals surface area contributed by atoms with Gasteiger partial charge in [-0.15, -0.1) is 0 Å². The zero-order chi connectivity index (χ0) is 18.9. The van der Waals surface area contributed by atoms with Crippen LogP contribution in [0.5, 0.6) is 11.5 Å². The Labute approximate surface area is 151 Å². The van der Waals surface area contributed by atoms with E-state index >= 15 is 0 Å². The Morgan fingerprint density at radius 1 is 1.15 bits per heavy atom. The molecular weight excluding hydrogens is 371 g/mol. The molecule has 0 saturated carbocycles. The molecule has 136 valence electrons. The average Bonchev–Trinajstić information content (AvgIpc) is 3.01. The molecule has 0 spiro atoms. The molecular formula is C18H13ClF3NO3. The van der Waals surface area contributed by atoms with E-state index in [0.29, 0.717) is 17.4 Å². The zero-order valence-electron chi connectivity index (χ0n) is 13.5. The molecule has 4 nitrogen and oxygen atoms in total. The van der Waals surface area contributed by atoms with Gasteiger partial charge in [0.05, 0.1) is 17.7 Å². The molecule has 1 N–H and O–H groups in total. The molecule has 0 fully saturated rings. The summed E-state index contributed by atoms with van der Waals surface area (Å²) in [4.78, 5) is 0. The number of rotatable bonds is 4. The summed E-state index contributed by atoms with van der Waals surface area (Å²) in [5.74, 6) is -0.0893. The number of hydrogen-bond acceptors (Lipinski definition) is 4. The number of benzene rings is 2. The number of halogens is 4. The lowest BCUT2D eigenvalue weighted by Gasteiger charge is -2.09. The van der Waals surface area contributed by atoms with Crippen LogP contribution in [0, 0.1) is 0 Å². The standard InChI is InChI=1S/C18H13ClF3NO3/c1-2-25-12-7-8-13(14(24)9-12)16-15(10-3-5-11(19)6-4-10)17(23-26-16)18(20,21)22/h3-9,24H,2H2,1H3. The number of phenols is 1. The Bertz CT molecular complexity index is 920. The number of nitrogens with zero attached hydrogens (tertiary/aromatic N) is 1. The molecule has 0 aliphatic heterocycles. The average molecular weight is 384 g/mol. The van der Waals surface area contributed by atoms with Crippen molar-refractivity contribution in [2.75, 3.05) is 6.61 Å². The zero-order valence-corrected chi connectivity index (χ0v) is 14.2. The molecule has 1 heterocycles. The molecule has 26 heavy (non-hydrogen) atoms. The summed E-state index contributed by atoms with van der Waals surface area (Å²) < 4.78 is 50.4. The number of phenolic OH excluding ortho intramolecular Hbond substituents is 1. The molecule has 3 aromatic rings. The molecule has 1 aromatic heterocycles.